The SMILES string of the molecule is Cc1ccccc1CN1CC(C2CCNC2)OCC1=O. The van der Waals surface area contributed by atoms with Gasteiger partial charge in [0.25, 0.3) is 0 Å². The van der Waals surface area contributed by atoms with Crippen LogP contribution >= 0.6 is 0 Å². The Balaban J connectivity index is 1.68. The minimum atomic E-state index is 0.107. The summed E-state index contributed by atoms with van der Waals surface area (Å²) in [5.41, 5.74) is 2.47. The van der Waals surface area contributed by atoms with Crippen LogP contribution in [0.15, 0.2) is 24.3 Å². The van der Waals surface area contributed by atoms with E-state index in [1.807, 2.05) is 17.0 Å². The lowest BCUT2D eigenvalue weighted by Gasteiger charge is -2.35. The number of nitrogens with one attached hydrogen (secondary N) is 1. The molecule has 0 aliphatic carbocycles. The highest BCUT2D eigenvalue weighted by molar-refractivity contribution is 5.78. The molecule has 2 saturated heterocycles. The molecule has 1 aromatic carbocycles. The molecular weight excluding hydrogens is 252 g/mol. The van der Waals surface area contributed by atoms with Crippen LogP contribution in [-0.4, -0.2) is 43.2 Å². The molecule has 2 heterocycles. The number of amides is 1. The Kier molecular flexibility index (Phi) is 4.03. The fraction of sp³-hybridized carbons (Fsp3) is 0.562. The van der Waals surface area contributed by atoms with E-state index in [1.54, 1.807) is 0 Å². The van der Waals surface area contributed by atoms with Gasteiger partial charge < -0.3 is 15.0 Å². The van der Waals surface area contributed by atoms with Crippen LogP contribution in [0.1, 0.15) is 17.5 Å². The first-order valence-corrected chi connectivity index (χ1v) is 7.38. The van der Waals surface area contributed by atoms with E-state index in [4.69, 9.17) is 4.74 Å². The third kappa shape index (κ3) is 2.86. The van der Waals surface area contributed by atoms with Gasteiger partial charge in [-0.3, -0.25) is 4.79 Å². The number of ether oxygens (including phenoxy) is 1. The molecule has 1 N–H and O–H groups in total. The van der Waals surface area contributed by atoms with Crippen LogP contribution in [0.3, 0.4) is 0 Å². The summed E-state index contributed by atoms with van der Waals surface area (Å²) >= 11 is 0. The van der Waals surface area contributed by atoms with Gasteiger partial charge in [0, 0.05) is 25.6 Å². The summed E-state index contributed by atoms with van der Waals surface area (Å²) in [5.74, 6) is 0.651. The molecule has 2 aliphatic rings. The molecule has 1 aromatic rings. The number of benzene rings is 1. The number of hydrogen-bond acceptors (Lipinski definition) is 3. The van der Waals surface area contributed by atoms with Gasteiger partial charge in [0.2, 0.25) is 5.91 Å². The molecule has 2 fully saturated rings. The highest BCUT2D eigenvalue weighted by atomic mass is 16.5. The molecule has 0 spiro atoms. The Labute approximate surface area is 120 Å². The number of nitrogens with zero attached hydrogens (tertiary/aromatic N) is 1. The van der Waals surface area contributed by atoms with Crippen LogP contribution < -0.4 is 5.32 Å². The van der Waals surface area contributed by atoms with Gasteiger partial charge in [-0.2, -0.15) is 0 Å². The zero-order valence-corrected chi connectivity index (χ0v) is 12.0. The normalized spacial score (nSPS) is 27.1. The van der Waals surface area contributed by atoms with E-state index in [2.05, 4.69) is 24.4 Å². The van der Waals surface area contributed by atoms with Gasteiger partial charge in [0.1, 0.15) is 6.61 Å². The molecule has 4 heteroatoms. The third-order valence-corrected chi connectivity index (χ3v) is 4.42. The van der Waals surface area contributed by atoms with Gasteiger partial charge in [-0.15, -0.1) is 0 Å². The Morgan fingerprint density at radius 3 is 3.00 bits per heavy atom. The van der Waals surface area contributed by atoms with E-state index in [9.17, 15) is 4.79 Å². The number of aryl methyl sites for hydroxylation is 1. The van der Waals surface area contributed by atoms with Gasteiger partial charge >= 0.3 is 0 Å². The predicted octanol–water partition coefficient (Wildman–Crippen LogP) is 1.33. The second-order valence-electron chi connectivity index (χ2n) is 5.80. The molecule has 0 radical (unpaired) electrons. The fourth-order valence-corrected chi connectivity index (χ4v) is 3.07. The van der Waals surface area contributed by atoms with Crippen molar-refractivity contribution in [1.29, 1.82) is 0 Å². The highest BCUT2D eigenvalue weighted by Crippen LogP contribution is 2.22. The van der Waals surface area contributed by atoms with E-state index in [0.717, 1.165) is 26.1 Å². The zero-order valence-electron chi connectivity index (χ0n) is 12.0. The van der Waals surface area contributed by atoms with E-state index in [0.29, 0.717) is 12.5 Å². The van der Waals surface area contributed by atoms with Crippen LogP contribution in [0.25, 0.3) is 0 Å². The van der Waals surface area contributed by atoms with Crippen molar-refractivity contribution in [3.63, 3.8) is 0 Å². The summed E-state index contributed by atoms with van der Waals surface area (Å²) in [4.78, 5) is 14.0. The van der Waals surface area contributed by atoms with Gasteiger partial charge in [-0.25, -0.2) is 0 Å². The number of hydrogen-bond donors (Lipinski definition) is 1. The van der Waals surface area contributed by atoms with E-state index < -0.39 is 0 Å². The van der Waals surface area contributed by atoms with Gasteiger partial charge in [0.05, 0.1) is 6.10 Å². The van der Waals surface area contributed by atoms with Crippen LogP contribution in [0.2, 0.25) is 0 Å². The summed E-state index contributed by atoms with van der Waals surface area (Å²) in [6.45, 7) is 5.82. The van der Waals surface area contributed by atoms with Crippen molar-refractivity contribution in [2.24, 2.45) is 5.92 Å². The van der Waals surface area contributed by atoms with Crippen molar-refractivity contribution in [2.75, 3.05) is 26.2 Å². The maximum Gasteiger partial charge on any atom is 0.248 e. The summed E-state index contributed by atoms with van der Waals surface area (Å²) in [6, 6.07) is 8.27. The molecule has 20 heavy (non-hydrogen) atoms. The first-order valence-electron chi connectivity index (χ1n) is 7.38. The van der Waals surface area contributed by atoms with Gasteiger partial charge in [-0.05, 0) is 31.0 Å². The quantitative estimate of drug-likeness (QED) is 0.904. The van der Waals surface area contributed by atoms with Crippen molar-refractivity contribution >= 4 is 5.91 Å². The van der Waals surface area contributed by atoms with Crippen molar-refractivity contribution in [2.45, 2.75) is 26.0 Å². The molecule has 2 atom stereocenters. The lowest BCUT2D eigenvalue weighted by Crippen LogP contribution is -2.49. The topological polar surface area (TPSA) is 41.6 Å². The van der Waals surface area contributed by atoms with E-state index in [-0.39, 0.29) is 18.6 Å². The molecule has 4 nitrogen and oxygen atoms in total. The van der Waals surface area contributed by atoms with Crippen molar-refractivity contribution in [3.05, 3.63) is 35.4 Å². The number of rotatable bonds is 3. The minimum Gasteiger partial charge on any atom is -0.366 e. The van der Waals surface area contributed by atoms with Crippen molar-refractivity contribution in [1.82, 2.24) is 10.2 Å². The smallest absolute Gasteiger partial charge is 0.248 e. The first-order chi connectivity index (χ1) is 9.74. The zero-order chi connectivity index (χ0) is 13.9. The molecule has 2 unspecified atom stereocenters. The molecule has 2 aliphatic heterocycles. The number of morpholine rings is 1. The van der Waals surface area contributed by atoms with Crippen LogP contribution in [0.5, 0.6) is 0 Å². The molecular formula is C16H22N2O2. The summed E-state index contributed by atoms with van der Waals surface area (Å²) < 4.78 is 5.74. The number of carbonyl (C=O) groups is 1. The van der Waals surface area contributed by atoms with Crippen molar-refractivity contribution in [3.8, 4) is 0 Å². The monoisotopic (exact) mass is 274 g/mol. The van der Waals surface area contributed by atoms with Crippen LogP contribution in [-0.2, 0) is 16.1 Å². The minimum absolute atomic E-state index is 0.107. The summed E-state index contributed by atoms with van der Waals surface area (Å²) in [6.07, 6.45) is 1.34. The molecule has 0 saturated carbocycles. The Morgan fingerprint density at radius 1 is 1.40 bits per heavy atom. The second kappa shape index (κ2) is 5.94. The maximum absolute atomic E-state index is 12.1. The lowest BCUT2D eigenvalue weighted by molar-refractivity contribution is -0.152. The standard InChI is InChI=1S/C16H22N2O2/c1-12-4-2-3-5-14(12)9-18-10-15(20-11-16(18)19)13-6-7-17-8-13/h2-5,13,15,17H,6-11H2,1H3. The average molecular weight is 274 g/mol. The number of carbonyl (C=O) groups excluding carboxylic acids is 1. The summed E-state index contributed by atoms with van der Waals surface area (Å²) in [7, 11) is 0. The molecule has 0 aromatic heterocycles. The van der Waals surface area contributed by atoms with Crippen LogP contribution in [0.4, 0.5) is 0 Å². The van der Waals surface area contributed by atoms with Crippen LogP contribution in [0, 0.1) is 12.8 Å². The largest absolute Gasteiger partial charge is 0.366 e. The third-order valence-electron chi connectivity index (χ3n) is 4.42. The fourth-order valence-electron chi connectivity index (χ4n) is 3.07. The Morgan fingerprint density at radius 2 is 2.25 bits per heavy atom. The van der Waals surface area contributed by atoms with Crippen molar-refractivity contribution < 1.29 is 9.53 Å². The van der Waals surface area contributed by atoms with Gasteiger partial charge in [0.15, 0.2) is 0 Å². The Hall–Kier alpha value is -1.39. The Bertz CT molecular complexity index is 483. The van der Waals surface area contributed by atoms with Gasteiger partial charge in [-0.1, -0.05) is 24.3 Å². The predicted molar refractivity (Wildman–Crippen MR) is 77.3 cm³/mol. The highest BCUT2D eigenvalue weighted by Gasteiger charge is 2.33. The molecule has 0 bridgehead atoms. The summed E-state index contributed by atoms with van der Waals surface area (Å²) in [5, 5.41) is 3.37. The van der Waals surface area contributed by atoms with E-state index in [1.165, 1.54) is 11.1 Å². The average Bonchev–Trinajstić information content (AvgIpc) is 2.98. The molecule has 108 valence electrons. The van der Waals surface area contributed by atoms with E-state index >= 15 is 0 Å². The first kappa shape index (κ1) is 13.6. The lowest BCUT2D eigenvalue weighted by atomic mass is 9.99. The second-order valence-corrected chi connectivity index (χ2v) is 5.80. The molecule has 3 rings (SSSR count). The molecule has 1 amide bonds. The maximum atomic E-state index is 12.1.